The summed E-state index contributed by atoms with van der Waals surface area (Å²) in [6.07, 6.45) is 1.56. The van der Waals surface area contributed by atoms with Crippen LogP contribution in [0.4, 0.5) is 0 Å². The van der Waals surface area contributed by atoms with Crippen LogP contribution in [0.1, 0.15) is 28.5 Å². The van der Waals surface area contributed by atoms with Crippen LogP contribution in [0, 0.1) is 13.8 Å². The molecule has 0 aliphatic carbocycles. The van der Waals surface area contributed by atoms with E-state index < -0.39 is 0 Å². The molecule has 1 amide bonds. The van der Waals surface area contributed by atoms with Crippen LogP contribution in [0.25, 0.3) is 0 Å². The number of amides is 1. The van der Waals surface area contributed by atoms with Gasteiger partial charge in [0.1, 0.15) is 5.69 Å². The predicted molar refractivity (Wildman–Crippen MR) is 65.5 cm³/mol. The molecular formula is C13H16N2O3. The normalized spacial score (nSPS) is 26.2. The number of nitrogens with zero attached hydrogens (tertiary/aromatic N) is 2. The number of pyridine rings is 1. The monoisotopic (exact) mass is 248 g/mol. The Bertz CT molecular complexity index is 591. The lowest BCUT2D eigenvalue weighted by molar-refractivity contribution is 0.00665. The van der Waals surface area contributed by atoms with E-state index in [1.54, 1.807) is 24.9 Å². The molecule has 3 heterocycles. The Balaban J connectivity index is 2.20. The van der Waals surface area contributed by atoms with Crippen LogP contribution >= 0.6 is 0 Å². The fourth-order valence-electron chi connectivity index (χ4n) is 2.86. The molecule has 0 bridgehead atoms. The predicted octanol–water partition coefficient (Wildman–Crippen LogP) is 0.666. The average Bonchev–Trinajstić information content (AvgIpc) is 2.68. The molecule has 0 saturated carbocycles. The highest BCUT2D eigenvalue weighted by atomic mass is 16.5. The summed E-state index contributed by atoms with van der Waals surface area (Å²) in [5, 5.41) is 0. The number of ether oxygens (including phenoxy) is 1. The van der Waals surface area contributed by atoms with Crippen LogP contribution in [-0.2, 0) is 11.3 Å². The van der Waals surface area contributed by atoms with Crippen molar-refractivity contribution >= 4 is 5.91 Å². The van der Waals surface area contributed by atoms with Crippen LogP contribution in [-0.4, -0.2) is 34.3 Å². The van der Waals surface area contributed by atoms with E-state index in [0.717, 1.165) is 0 Å². The lowest BCUT2D eigenvalue weighted by Crippen LogP contribution is -2.49. The molecule has 0 unspecified atom stereocenters. The topological polar surface area (TPSA) is 51.5 Å². The quantitative estimate of drug-likeness (QED) is 0.678. The molecule has 0 spiro atoms. The Morgan fingerprint density at radius 2 is 2.06 bits per heavy atom. The third-order valence-corrected chi connectivity index (χ3v) is 3.80. The van der Waals surface area contributed by atoms with Gasteiger partial charge < -0.3 is 14.2 Å². The number of hydrogen-bond acceptors (Lipinski definition) is 3. The van der Waals surface area contributed by atoms with Crippen molar-refractivity contribution in [2.24, 2.45) is 0 Å². The van der Waals surface area contributed by atoms with Gasteiger partial charge in [0.2, 0.25) is 0 Å². The summed E-state index contributed by atoms with van der Waals surface area (Å²) >= 11 is 0. The number of hydrogen-bond donors (Lipinski definition) is 0. The molecule has 3 rings (SSSR count). The lowest BCUT2D eigenvalue weighted by Gasteiger charge is -2.34. The lowest BCUT2D eigenvalue weighted by atomic mass is 10.1. The zero-order chi connectivity index (χ0) is 13.0. The van der Waals surface area contributed by atoms with Crippen LogP contribution < -0.4 is 5.43 Å². The van der Waals surface area contributed by atoms with Crippen molar-refractivity contribution in [2.75, 3.05) is 6.61 Å². The van der Waals surface area contributed by atoms with E-state index in [1.807, 2.05) is 11.5 Å². The van der Waals surface area contributed by atoms with Crippen molar-refractivity contribution in [3.05, 3.63) is 33.2 Å². The van der Waals surface area contributed by atoms with Crippen molar-refractivity contribution in [3.63, 3.8) is 0 Å². The standard InChI is InChI=1S/C13H16N2O3/c1-7-4-14-5-10-15(8(2)6-18-10)13(17)11(14)9(3)12(7)16/h4,8,10H,5-6H2,1-3H3/t8-,10+/m0/s1. The number of fused-ring (bicyclic) bond motifs is 2. The molecule has 0 aromatic carbocycles. The molecule has 1 fully saturated rings. The highest BCUT2D eigenvalue weighted by Gasteiger charge is 2.41. The van der Waals surface area contributed by atoms with Gasteiger partial charge in [-0.05, 0) is 20.8 Å². The highest BCUT2D eigenvalue weighted by Crippen LogP contribution is 2.26. The minimum Gasteiger partial charge on any atom is -0.354 e. The molecule has 2 aliphatic rings. The maximum atomic E-state index is 12.5. The molecule has 0 N–H and O–H groups in total. The van der Waals surface area contributed by atoms with E-state index >= 15 is 0 Å². The molecule has 5 heteroatoms. The van der Waals surface area contributed by atoms with Gasteiger partial charge in [0.05, 0.1) is 19.2 Å². The molecule has 18 heavy (non-hydrogen) atoms. The van der Waals surface area contributed by atoms with Gasteiger partial charge in [-0.2, -0.15) is 0 Å². The van der Waals surface area contributed by atoms with Crippen LogP contribution in [0.2, 0.25) is 0 Å². The van der Waals surface area contributed by atoms with E-state index in [9.17, 15) is 9.59 Å². The summed E-state index contributed by atoms with van der Waals surface area (Å²) in [7, 11) is 0. The molecule has 2 aliphatic heterocycles. The Morgan fingerprint density at radius 3 is 2.78 bits per heavy atom. The van der Waals surface area contributed by atoms with Gasteiger partial charge in [-0.25, -0.2) is 0 Å². The maximum Gasteiger partial charge on any atom is 0.273 e. The minimum absolute atomic E-state index is 0.0409. The Kier molecular flexibility index (Phi) is 2.35. The van der Waals surface area contributed by atoms with Crippen LogP contribution in [0.15, 0.2) is 11.0 Å². The van der Waals surface area contributed by atoms with E-state index in [-0.39, 0.29) is 23.6 Å². The minimum atomic E-state index is -0.193. The van der Waals surface area contributed by atoms with Crippen LogP contribution in [0.5, 0.6) is 0 Å². The van der Waals surface area contributed by atoms with Crippen molar-refractivity contribution < 1.29 is 9.53 Å². The summed E-state index contributed by atoms with van der Waals surface area (Å²) in [6.45, 7) is 6.63. The highest BCUT2D eigenvalue weighted by molar-refractivity contribution is 5.95. The van der Waals surface area contributed by atoms with Crippen molar-refractivity contribution in [1.82, 2.24) is 9.47 Å². The van der Waals surface area contributed by atoms with Gasteiger partial charge in [-0.15, -0.1) is 0 Å². The first kappa shape index (κ1) is 11.5. The first-order valence-corrected chi connectivity index (χ1v) is 6.15. The van der Waals surface area contributed by atoms with Gasteiger partial charge in [0.25, 0.3) is 5.91 Å². The van der Waals surface area contributed by atoms with Crippen LogP contribution in [0.3, 0.4) is 0 Å². The van der Waals surface area contributed by atoms with E-state index in [1.165, 1.54) is 0 Å². The summed E-state index contributed by atoms with van der Waals surface area (Å²) < 4.78 is 7.47. The summed E-state index contributed by atoms with van der Waals surface area (Å²) in [5.74, 6) is -0.0918. The van der Waals surface area contributed by atoms with Crippen molar-refractivity contribution in [3.8, 4) is 0 Å². The molecule has 96 valence electrons. The smallest absolute Gasteiger partial charge is 0.273 e. The Morgan fingerprint density at radius 1 is 1.33 bits per heavy atom. The molecule has 1 aromatic rings. The molecule has 0 radical (unpaired) electrons. The zero-order valence-electron chi connectivity index (χ0n) is 10.8. The second-order valence-electron chi connectivity index (χ2n) is 5.12. The number of rotatable bonds is 0. The number of aryl methyl sites for hydroxylation is 1. The number of carbonyl (C=O) groups excluding carboxylic acids is 1. The third kappa shape index (κ3) is 1.37. The summed E-state index contributed by atoms with van der Waals surface area (Å²) in [5.41, 5.74) is 1.68. The number of aromatic nitrogens is 1. The third-order valence-electron chi connectivity index (χ3n) is 3.80. The second kappa shape index (κ2) is 3.68. The van der Waals surface area contributed by atoms with Gasteiger partial charge in [-0.1, -0.05) is 0 Å². The average molecular weight is 248 g/mol. The molecule has 1 saturated heterocycles. The van der Waals surface area contributed by atoms with E-state index in [2.05, 4.69) is 0 Å². The summed E-state index contributed by atoms with van der Waals surface area (Å²) in [4.78, 5) is 26.2. The van der Waals surface area contributed by atoms with Gasteiger partial charge in [-0.3, -0.25) is 9.59 Å². The first-order valence-electron chi connectivity index (χ1n) is 6.15. The molecule has 5 nitrogen and oxygen atoms in total. The Hall–Kier alpha value is -1.62. The molecule has 2 atom stereocenters. The molecular weight excluding hydrogens is 232 g/mol. The maximum absolute atomic E-state index is 12.5. The first-order chi connectivity index (χ1) is 8.50. The van der Waals surface area contributed by atoms with E-state index in [0.29, 0.717) is 30.0 Å². The fourth-order valence-corrected chi connectivity index (χ4v) is 2.86. The van der Waals surface area contributed by atoms with Crippen molar-refractivity contribution in [1.29, 1.82) is 0 Å². The zero-order valence-corrected chi connectivity index (χ0v) is 10.8. The van der Waals surface area contributed by atoms with Gasteiger partial charge in [0, 0.05) is 17.3 Å². The van der Waals surface area contributed by atoms with Gasteiger partial charge in [0.15, 0.2) is 11.7 Å². The molecule has 1 aromatic heterocycles. The van der Waals surface area contributed by atoms with Gasteiger partial charge >= 0.3 is 0 Å². The summed E-state index contributed by atoms with van der Waals surface area (Å²) in [6, 6.07) is 0.0760. The fraction of sp³-hybridized carbons (Fsp3) is 0.538. The Labute approximate surface area is 105 Å². The largest absolute Gasteiger partial charge is 0.354 e. The van der Waals surface area contributed by atoms with E-state index in [4.69, 9.17) is 4.74 Å². The SMILES string of the molecule is Cc1cn2c(c(C)c1=O)C(=O)N1[C@@H](C)CO[C@@H]1C2. The van der Waals surface area contributed by atoms with Crippen molar-refractivity contribution in [2.45, 2.75) is 39.6 Å². The second-order valence-corrected chi connectivity index (χ2v) is 5.12. The number of carbonyl (C=O) groups is 1.